The van der Waals surface area contributed by atoms with Crippen molar-refractivity contribution < 1.29 is 27.5 Å². The first-order valence-corrected chi connectivity index (χ1v) is 11.5. The number of aromatic nitrogens is 3. The summed E-state index contributed by atoms with van der Waals surface area (Å²) >= 11 is 6.33. The number of sulfone groups is 1. The van der Waals surface area contributed by atoms with Crippen LogP contribution in [0.2, 0.25) is 5.15 Å². The monoisotopic (exact) mass is 468 g/mol. The Morgan fingerprint density at radius 3 is 2.74 bits per heavy atom. The van der Waals surface area contributed by atoms with E-state index in [1.165, 1.54) is 10.8 Å². The number of aryl methyl sites for hydroxylation is 2. The number of imide groups is 1. The maximum absolute atomic E-state index is 12.0. The second kappa shape index (κ2) is 9.06. The smallest absolute Gasteiger partial charge is 0.331 e. The molecule has 166 valence electrons. The molecule has 0 aliphatic carbocycles. The zero-order chi connectivity index (χ0) is 22.8. The summed E-state index contributed by atoms with van der Waals surface area (Å²) < 4.78 is 31.2. The standard InChI is InChI=1S/C19H21ClN4O6S/c1-12-14(18(20)24(22-12)13-7-9-31(28,29)11-13)5-6-17(26)30-10-16(25)21-19(27)15-4-3-8-23(15)2/h3-6,8,13H,7,9-11H2,1-2H3,(H,21,25,27)/b6-5+. The molecule has 1 unspecified atom stereocenters. The minimum atomic E-state index is -3.11. The fourth-order valence-corrected chi connectivity index (χ4v) is 5.26. The molecule has 12 heteroatoms. The number of rotatable bonds is 6. The molecule has 1 atom stereocenters. The Hall–Kier alpha value is -2.92. The van der Waals surface area contributed by atoms with Crippen LogP contribution in [-0.2, 0) is 31.2 Å². The van der Waals surface area contributed by atoms with E-state index in [0.29, 0.717) is 17.7 Å². The molecular formula is C19H21ClN4O6S. The topological polar surface area (TPSA) is 129 Å². The average molecular weight is 469 g/mol. The van der Waals surface area contributed by atoms with Crippen molar-refractivity contribution in [3.63, 3.8) is 0 Å². The van der Waals surface area contributed by atoms with Crippen LogP contribution in [-0.4, -0.2) is 58.7 Å². The summed E-state index contributed by atoms with van der Waals surface area (Å²) in [5.41, 5.74) is 1.26. The van der Waals surface area contributed by atoms with Gasteiger partial charge in [-0.3, -0.25) is 14.9 Å². The first kappa shape index (κ1) is 22.8. The third-order valence-electron chi connectivity index (χ3n) is 4.79. The zero-order valence-electron chi connectivity index (χ0n) is 16.9. The number of halogens is 1. The Morgan fingerprint density at radius 1 is 1.39 bits per heavy atom. The number of hydrogen-bond donors (Lipinski definition) is 1. The van der Waals surface area contributed by atoms with Crippen molar-refractivity contribution in [1.82, 2.24) is 19.7 Å². The van der Waals surface area contributed by atoms with Crippen molar-refractivity contribution in [3.05, 3.63) is 46.5 Å². The van der Waals surface area contributed by atoms with Gasteiger partial charge in [-0.1, -0.05) is 11.6 Å². The Labute approximate surface area is 183 Å². The molecule has 1 N–H and O–H groups in total. The quantitative estimate of drug-likeness (QED) is 0.495. The van der Waals surface area contributed by atoms with Crippen molar-refractivity contribution in [1.29, 1.82) is 0 Å². The van der Waals surface area contributed by atoms with Gasteiger partial charge in [-0.25, -0.2) is 17.9 Å². The van der Waals surface area contributed by atoms with Crippen molar-refractivity contribution in [2.75, 3.05) is 18.1 Å². The molecule has 10 nitrogen and oxygen atoms in total. The second-order valence-electron chi connectivity index (χ2n) is 7.11. The molecule has 3 rings (SSSR count). The van der Waals surface area contributed by atoms with Gasteiger partial charge < -0.3 is 9.30 Å². The van der Waals surface area contributed by atoms with Gasteiger partial charge >= 0.3 is 5.97 Å². The van der Waals surface area contributed by atoms with Crippen LogP contribution in [0.5, 0.6) is 0 Å². The van der Waals surface area contributed by atoms with Crippen LogP contribution >= 0.6 is 11.6 Å². The summed E-state index contributed by atoms with van der Waals surface area (Å²) in [6, 6.07) is 2.85. The second-order valence-corrected chi connectivity index (χ2v) is 9.70. The summed E-state index contributed by atoms with van der Waals surface area (Å²) in [7, 11) is -1.45. The van der Waals surface area contributed by atoms with E-state index in [4.69, 9.17) is 16.3 Å². The van der Waals surface area contributed by atoms with Gasteiger partial charge in [0.05, 0.1) is 23.2 Å². The molecule has 1 aliphatic rings. The molecule has 0 radical (unpaired) electrons. The first-order chi connectivity index (χ1) is 14.6. The van der Waals surface area contributed by atoms with Crippen LogP contribution in [0.1, 0.15) is 34.2 Å². The van der Waals surface area contributed by atoms with Gasteiger partial charge in [0.1, 0.15) is 10.8 Å². The largest absolute Gasteiger partial charge is 0.452 e. The van der Waals surface area contributed by atoms with Crippen molar-refractivity contribution in [2.24, 2.45) is 7.05 Å². The van der Waals surface area contributed by atoms with E-state index < -0.39 is 34.2 Å². The number of esters is 1. The van der Waals surface area contributed by atoms with Gasteiger partial charge in [-0.15, -0.1) is 0 Å². The average Bonchev–Trinajstić information content (AvgIpc) is 3.36. The van der Waals surface area contributed by atoms with Crippen molar-refractivity contribution in [3.8, 4) is 0 Å². The first-order valence-electron chi connectivity index (χ1n) is 9.33. The van der Waals surface area contributed by atoms with Crippen LogP contribution in [0, 0.1) is 6.92 Å². The van der Waals surface area contributed by atoms with E-state index in [1.54, 1.807) is 36.9 Å². The molecule has 1 aliphatic heterocycles. The van der Waals surface area contributed by atoms with Crippen LogP contribution < -0.4 is 5.32 Å². The normalized spacial score (nSPS) is 17.7. The van der Waals surface area contributed by atoms with Crippen LogP contribution in [0.3, 0.4) is 0 Å². The highest BCUT2D eigenvalue weighted by Gasteiger charge is 2.31. The van der Waals surface area contributed by atoms with Crippen LogP contribution in [0.25, 0.3) is 6.08 Å². The van der Waals surface area contributed by atoms with E-state index in [1.807, 2.05) is 0 Å². The lowest BCUT2D eigenvalue weighted by Gasteiger charge is -2.09. The van der Waals surface area contributed by atoms with Gasteiger partial charge in [0.25, 0.3) is 11.8 Å². The predicted molar refractivity (Wildman–Crippen MR) is 112 cm³/mol. The van der Waals surface area contributed by atoms with E-state index in [-0.39, 0.29) is 28.4 Å². The molecule has 0 saturated carbocycles. The highest BCUT2D eigenvalue weighted by molar-refractivity contribution is 7.91. The summed E-state index contributed by atoms with van der Waals surface area (Å²) in [6.45, 7) is 1.05. The van der Waals surface area contributed by atoms with E-state index >= 15 is 0 Å². The minimum Gasteiger partial charge on any atom is -0.452 e. The highest BCUT2D eigenvalue weighted by atomic mass is 35.5. The number of hydrogen-bond acceptors (Lipinski definition) is 7. The molecule has 31 heavy (non-hydrogen) atoms. The fraction of sp³-hybridized carbons (Fsp3) is 0.368. The number of carbonyl (C=O) groups is 3. The predicted octanol–water partition coefficient (Wildman–Crippen LogP) is 1.06. The minimum absolute atomic E-state index is 0.0321. The van der Waals surface area contributed by atoms with Gasteiger partial charge in [-0.2, -0.15) is 5.10 Å². The Morgan fingerprint density at radius 2 is 2.13 bits per heavy atom. The van der Waals surface area contributed by atoms with Crippen LogP contribution in [0.15, 0.2) is 24.4 Å². The Balaban J connectivity index is 1.56. The Bertz CT molecular complexity index is 1160. The summed E-state index contributed by atoms with van der Waals surface area (Å²) in [4.78, 5) is 35.7. The third kappa shape index (κ3) is 5.42. The maximum Gasteiger partial charge on any atom is 0.331 e. The summed E-state index contributed by atoms with van der Waals surface area (Å²) in [5, 5.41) is 6.63. The maximum atomic E-state index is 12.0. The highest BCUT2D eigenvalue weighted by Crippen LogP contribution is 2.30. The third-order valence-corrected chi connectivity index (χ3v) is 6.91. The molecule has 2 aromatic heterocycles. The fourth-order valence-electron chi connectivity index (χ4n) is 3.19. The lowest BCUT2D eigenvalue weighted by atomic mass is 10.2. The molecule has 2 aromatic rings. The lowest BCUT2D eigenvalue weighted by molar-refractivity contribution is -0.143. The van der Waals surface area contributed by atoms with Gasteiger partial charge in [-0.05, 0) is 31.6 Å². The molecule has 1 fully saturated rings. The van der Waals surface area contributed by atoms with Crippen LogP contribution in [0.4, 0.5) is 0 Å². The zero-order valence-corrected chi connectivity index (χ0v) is 18.4. The summed E-state index contributed by atoms with van der Waals surface area (Å²) in [6.07, 6.45) is 4.55. The van der Waals surface area contributed by atoms with Gasteiger partial charge in [0.15, 0.2) is 16.4 Å². The number of ether oxygens (including phenoxy) is 1. The van der Waals surface area contributed by atoms with Gasteiger partial charge in [0.2, 0.25) is 0 Å². The molecule has 0 spiro atoms. The van der Waals surface area contributed by atoms with E-state index in [2.05, 4.69) is 10.4 Å². The summed E-state index contributed by atoms with van der Waals surface area (Å²) in [5.74, 6) is -2.13. The number of amides is 2. The molecule has 3 heterocycles. The van der Waals surface area contributed by atoms with Gasteiger partial charge in [0, 0.05) is 24.9 Å². The number of carbonyl (C=O) groups excluding carboxylic acids is 3. The van der Waals surface area contributed by atoms with E-state index in [0.717, 1.165) is 6.08 Å². The lowest BCUT2D eigenvalue weighted by Crippen LogP contribution is -2.34. The Kier molecular flexibility index (Phi) is 6.65. The van der Waals surface area contributed by atoms with Crippen molar-refractivity contribution in [2.45, 2.75) is 19.4 Å². The number of nitrogens with one attached hydrogen (secondary N) is 1. The van der Waals surface area contributed by atoms with Crippen molar-refractivity contribution >= 4 is 45.3 Å². The number of nitrogens with zero attached hydrogens (tertiary/aromatic N) is 3. The van der Waals surface area contributed by atoms with E-state index in [9.17, 15) is 22.8 Å². The molecular weight excluding hydrogens is 448 g/mol. The molecule has 2 amide bonds. The molecule has 0 bridgehead atoms. The molecule has 1 saturated heterocycles. The SMILES string of the molecule is Cc1nn(C2CCS(=O)(=O)C2)c(Cl)c1/C=C/C(=O)OCC(=O)NC(=O)c1cccn1C. The molecule has 0 aromatic carbocycles.